The third-order valence-corrected chi connectivity index (χ3v) is 2.09. The molecular formula is C7H14O5. The molecule has 1 fully saturated rings. The second kappa shape index (κ2) is 3.68. The Balaban J connectivity index is 2.63. The first-order chi connectivity index (χ1) is 5.57. The lowest BCUT2D eigenvalue weighted by Crippen LogP contribution is -2.57. The average molecular weight is 178 g/mol. The molecule has 0 aromatic heterocycles. The molecule has 0 amide bonds. The van der Waals surface area contributed by atoms with Crippen molar-refractivity contribution < 1.29 is 25.2 Å². The van der Waals surface area contributed by atoms with Gasteiger partial charge in [0.25, 0.3) is 0 Å². The standard InChI is InChI=1S/C7H14O5/c1-2-3-4(8)5(9)6(10)7(11)12-3/h3-11H,2H2,1H3/t3?,4-,5+,6?,7+/m1/s1. The molecule has 1 saturated heterocycles. The van der Waals surface area contributed by atoms with Crippen LogP contribution in [0.4, 0.5) is 0 Å². The molecule has 0 aromatic carbocycles. The molecule has 12 heavy (non-hydrogen) atoms. The summed E-state index contributed by atoms with van der Waals surface area (Å²) in [5, 5.41) is 36.5. The molecule has 2 unspecified atom stereocenters. The maximum Gasteiger partial charge on any atom is 0.183 e. The van der Waals surface area contributed by atoms with E-state index in [-0.39, 0.29) is 0 Å². The molecule has 1 heterocycles. The van der Waals surface area contributed by atoms with Gasteiger partial charge in [-0.15, -0.1) is 0 Å². The minimum atomic E-state index is -1.43. The van der Waals surface area contributed by atoms with Crippen molar-refractivity contribution in [3.63, 3.8) is 0 Å². The van der Waals surface area contributed by atoms with E-state index < -0.39 is 30.7 Å². The predicted molar refractivity (Wildman–Crippen MR) is 39.2 cm³/mol. The lowest BCUT2D eigenvalue weighted by atomic mass is 9.97. The van der Waals surface area contributed by atoms with Gasteiger partial charge in [0.15, 0.2) is 6.29 Å². The smallest absolute Gasteiger partial charge is 0.183 e. The number of aliphatic hydroxyl groups is 4. The Labute approximate surface area is 70.2 Å². The molecule has 0 spiro atoms. The van der Waals surface area contributed by atoms with Crippen molar-refractivity contribution in [2.45, 2.75) is 44.1 Å². The van der Waals surface area contributed by atoms with Crippen molar-refractivity contribution in [1.29, 1.82) is 0 Å². The lowest BCUT2D eigenvalue weighted by molar-refractivity contribution is -0.281. The van der Waals surface area contributed by atoms with Crippen molar-refractivity contribution >= 4 is 0 Å². The van der Waals surface area contributed by atoms with Gasteiger partial charge in [0, 0.05) is 0 Å². The highest BCUT2D eigenvalue weighted by molar-refractivity contribution is 4.87. The Hall–Kier alpha value is -0.200. The molecule has 72 valence electrons. The van der Waals surface area contributed by atoms with Crippen molar-refractivity contribution in [1.82, 2.24) is 0 Å². The maximum absolute atomic E-state index is 9.28. The number of aliphatic hydroxyl groups excluding tert-OH is 4. The number of hydrogen-bond acceptors (Lipinski definition) is 5. The lowest BCUT2D eigenvalue weighted by Gasteiger charge is -2.37. The van der Waals surface area contributed by atoms with Crippen LogP contribution in [0.15, 0.2) is 0 Å². The first-order valence-corrected chi connectivity index (χ1v) is 3.95. The zero-order chi connectivity index (χ0) is 9.30. The van der Waals surface area contributed by atoms with E-state index in [1.54, 1.807) is 6.92 Å². The summed E-state index contributed by atoms with van der Waals surface area (Å²) in [5.74, 6) is 0. The number of hydrogen-bond donors (Lipinski definition) is 4. The summed E-state index contributed by atoms with van der Waals surface area (Å²) in [6.45, 7) is 1.75. The Morgan fingerprint density at radius 1 is 1.00 bits per heavy atom. The third kappa shape index (κ3) is 1.60. The summed E-state index contributed by atoms with van der Waals surface area (Å²) in [7, 11) is 0. The van der Waals surface area contributed by atoms with Gasteiger partial charge in [-0.2, -0.15) is 0 Å². The van der Waals surface area contributed by atoms with E-state index in [9.17, 15) is 10.2 Å². The van der Waals surface area contributed by atoms with Gasteiger partial charge in [0.05, 0.1) is 6.10 Å². The Morgan fingerprint density at radius 2 is 1.58 bits per heavy atom. The summed E-state index contributed by atoms with van der Waals surface area (Å²) in [4.78, 5) is 0. The predicted octanol–water partition coefficient (Wildman–Crippen LogP) is -1.80. The van der Waals surface area contributed by atoms with Gasteiger partial charge in [-0.3, -0.25) is 0 Å². The van der Waals surface area contributed by atoms with Gasteiger partial charge in [0.2, 0.25) is 0 Å². The summed E-state index contributed by atoms with van der Waals surface area (Å²) >= 11 is 0. The summed E-state index contributed by atoms with van der Waals surface area (Å²) in [6, 6.07) is 0. The quantitative estimate of drug-likeness (QED) is 0.380. The fraction of sp³-hybridized carbons (Fsp3) is 1.00. The average Bonchev–Trinajstić information content (AvgIpc) is 2.08. The van der Waals surface area contributed by atoms with Crippen LogP contribution in [0.25, 0.3) is 0 Å². The zero-order valence-corrected chi connectivity index (χ0v) is 6.79. The summed E-state index contributed by atoms with van der Waals surface area (Å²) < 4.78 is 4.83. The molecule has 0 radical (unpaired) electrons. The second-order valence-corrected chi connectivity index (χ2v) is 2.95. The van der Waals surface area contributed by atoms with Crippen molar-refractivity contribution in [3.8, 4) is 0 Å². The molecule has 1 aliphatic rings. The van der Waals surface area contributed by atoms with Crippen molar-refractivity contribution in [2.75, 3.05) is 0 Å². The SMILES string of the molecule is CCC1O[C@H](O)C(O)[C@@H](O)[C@@H]1O. The van der Waals surface area contributed by atoms with E-state index in [0.717, 1.165) is 0 Å². The van der Waals surface area contributed by atoms with Gasteiger partial charge < -0.3 is 25.2 Å². The molecule has 5 nitrogen and oxygen atoms in total. The van der Waals surface area contributed by atoms with Crippen LogP contribution in [-0.4, -0.2) is 51.1 Å². The molecule has 0 aliphatic carbocycles. The van der Waals surface area contributed by atoms with Crippen LogP contribution < -0.4 is 0 Å². The second-order valence-electron chi connectivity index (χ2n) is 2.95. The molecule has 4 N–H and O–H groups in total. The normalized spacial score (nSPS) is 49.2. The fourth-order valence-corrected chi connectivity index (χ4v) is 1.27. The van der Waals surface area contributed by atoms with Crippen LogP contribution in [-0.2, 0) is 4.74 Å². The molecule has 0 bridgehead atoms. The summed E-state index contributed by atoms with van der Waals surface area (Å²) in [6.07, 6.45) is -5.44. The molecule has 0 aromatic rings. The van der Waals surface area contributed by atoms with Gasteiger partial charge in [-0.05, 0) is 6.42 Å². The van der Waals surface area contributed by atoms with Crippen LogP contribution in [0, 0.1) is 0 Å². The van der Waals surface area contributed by atoms with Gasteiger partial charge in [-0.25, -0.2) is 0 Å². The fourth-order valence-electron chi connectivity index (χ4n) is 1.27. The van der Waals surface area contributed by atoms with Crippen LogP contribution in [0.2, 0.25) is 0 Å². The zero-order valence-electron chi connectivity index (χ0n) is 6.79. The highest BCUT2D eigenvalue weighted by atomic mass is 16.6. The third-order valence-electron chi connectivity index (χ3n) is 2.09. The largest absolute Gasteiger partial charge is 0.388 e. The minimum absolute atomic E-state index is 0.474. The molecule has 5 heteroatoms. The highest BCUT2D eigenvalue weighted by Gasteiger charge is 2.41. The minimum Gasteiger partial charge on any atom is -0.388 e. The molecular weight excluding hydrogens is 164 g/mol. The van der Waals surface area contributed by atoms with Crippen LogP contribution >= 0.6 is 0 Å². The topological polar surface area (TPSA) is 90.2 Å². The van der Waals surface area contributed by atoms with Gasteiger partial charge in [-0.1, -0.05) is 6.92 Å². The van der Waals surface area contributed by atoms with E-state index in [1.807, 2.05) is 0 Å². The van der Waals surface area contributed by atoms with E-state index in [2.05, 4.69) is 0 Å². The van der Waals surface area contributed by atoms with E-state index in [1.165, 1.54) is 0 Å². The highest BCUT2D eigenvalue weighted by Crippen LogP contribution is 2.21. The summed E-state index contributed by atoms with van der Waals surface area (Å²) in [5.41, 5.74) is 0. The first-order valence-electron chi connectivity index (χ1n) is 3.95. The van der Waals surface area contributed by atoms with E-state index >= 15 is 0 Å². The molecule has 1 rings (SSSR count). The van der Waals surface area contributed by atoms with Crippen molar-refractivity contribution in [3.05, 3.63) is 0 Å². The van der Waals surface area contributed by atoms with Crippen molar-refractivity contribution in [2.24, 2.45) is 0 Å². The number of rotatable bonds is 1. The first kappa shape index (κ1) is 9.88. The Bertz CT molecular complexity index is 146. The van der Waals surface area contributed by atoms with Crippen LogP contribution in [0.3, 0.4) is 0 Å². The van der Waals surface area contributed by atoms with Gasteiger partial charge in [0.1, 0.15) is 18.3 Å². The van der Waals surface area contributed by atoms with Crippen LogP contribution in [0.5, 0.6) is 0 Å². The maximum atomic E-state index is 9.28. The van der Waals surface area contributed by atoms with Crippen LogP contribution in [0.1, 0.15) is 13.3 Å². The molecule has 0 saturated carbocycles. The Kier molecular flexibility index (Phi) is 3.03. The van der Waals surface area contributed by atoms with E-state index in [0.29, 0.717) is 6.42 Å². The van der Waals surface area contributed by atoms with E-state index in [4.69, 9.17) is 14.9 Å². The monoisotopic (exact) mass is 178 g/mol. The Morgan fingerprint density at radius 3 is 2.08 bits per heavy atom. The van der Waals surface area contributed by atoms with Gasteiger partial charge >= 0.3 is 0 Å². The molecule has 1 aliphatic heterocycles. The number of ether oxygens (including phenoxy) is 1. The molecule has 5 atom stereocenters.